The standard InChI is InChI=1S/C17H17BrO6/c1-2-23-15(21)8-13(10-3-5-11(18)6-4-10)17-16(22)14(20)7-12(9-19)24-17/h3-7,13,19,22H,2,8-9H2,1H3/t13-/m1/s1. The third-order valence-electron chi connectivity index (χ3n) is 3.42. The molecule has 0 spiro atoms. The van der Waals surface area contributed by atoms with Gasteiger partial charge in [-0.3, -0.25) is 9.59 Å². The van der Waals surface area contributed by atoms with E-state index in [-0.39, 0.29) is 24.5 Å². The van der Waals surface area contributed by atoms with Crippen LogP contribution in [0.25, 0.3) is 0 Å². The Bertz CT molecular complexity index is 766. The fourth-order valence-corrected chi connectivity index (χ4v) is 2.58. The zero-order valence-electron chi connectivity index (χ0n) is 13.0. The smallest absolute Gasteiger partial charge is 0.306 e. The maximum absolute atomic E-state index is 11.9. The number of esters is 1. The van der Waals surface area contributed by atoms with E-state index in [4.69, 9.17) is 9.15 Å². The van der Waals surface area contributed by atoms with Crippen LogP contribution >= 0.6 is 15.9 Å². The second kappa shape index (κ2) is 8.12. The van der Waals surface area contributed by atoms with Crippen molar-refractivity contribution >= 4 is 21.9 Å². The molecule has 2 aromatic rings. The fraction of sp³-hybridized carbons (Fsp3) is 0.294. The Morgan fingerprint density at radius 2 is 2.00 bits per heavy atom. The first kappa shape index (κ1) is 18.2. The highest BCUT2D eigenvalue weighted by atomic mass is 79.9. The van der Waals surface area contributed by atoms with E-state index in [0.717, 1.165) is 10.5 Å². The first-order valence-electron chi connectivity index (χ1n) is 7.34. The normalized spacial score (nSPS) is 12.0. The molecule has 0 unspecified atom stereocenters. The van der Waals surface area contributed by atoms with Gasteiger partial charge in [-0.15, -0.1) is 0 Å². The van der Waals surface area contributed by atoms with Crippen LogP contribution < -0.4 is 5.43 Å². The summed E-state index contributed by atoms with van der Waals surface area (Å²) in [6, 6.07) is 8.07. The van der Waals surface area contributed by atoms with Crippen LogP contribution in [0.1, 0.15) is 36.3 Å². The average Bonchev–Trinajstić information content (AvgIpc) is 2.56. The summed E-state index contributed by atoms with van der Waals surface area (Å²) >= 11 is 3.33. The lowest BCUT2D eigenvalue weighted by Crippen LogP contribution is -2.15. The zero-order valence-corrected chi connectivity index (χ0v) is 14.6. The van der Waals surface area contributed by atoms with E-state index in [0.29, 0.717) is 5.56 Å². The number of aliphatic hydroxyl groups excluding tert-OH is 1. The molecule has 0 radical (unpaired) electrons. The zero-order chi connectivity index (χ0) is 17.7. The summed E-state index contributed by atoms with van der Waals surface area (Å²) in [5, 5.41) is 19.3. The fourth-order valence-electron chi connectivity index (χ4n) is 2.31. The largest absolute Gasteiger partial charge is 0.502 e. The summed E-state index contributed by atoms with van der Waals surface area (Å²) in [6.07, 6.45) is -0.110. The Morgan fingerprint density at radius 3 is 2.58 bits per heavy atom. The average molecular weight is 397 g/mol. The first-order chi connectivity index (χ1) is 11.5. The number of benzene rings is 1. The van der Waals surface area contributed by atoms with Gasteiger partial charge in [-0.05, 0) is 24.6 Å². The van der Waals surface area contributed by atoms with Crippen molar-refractivity contribution in [3.8, 4) is 5.75 Å². The monoisotopic (exact) mass is 396 g/mol. The molecule has 6 nitrogen and oxygen atoms in total. The topological polar surface area (TPSA) is 97.0 Å². The highest BCUT2D eigenvalue weighted by Crippen LogP contribution is 2.33. The molecule has 128 valence electrons. The number of hydrogen-bond donors (Lipinski definition) is 2. The minimum Gasteiger partial charge on any atom is -0.502 e. The Morgan fingerprint density at radius 1 is 1.33 bits per heavy atom. The van der Waals surface area contributed by atoms with Crippen molar-refractivity contribution in [3.05, 3.63) is 62.1 Å². The molecule has 2 rings (SSSR count). The molecule has 0 fully saturated rings. The highest BCUT2D eigenvalue weighted by Gasteiger charge is 2.26. The Balaban J connectivity index is 2.53. The van der Waals surface area contributed by atoms with E-state index in [1.807, 2.05) is 0 Å². The third kappa shape index (κ3) is 4.24. The highest BCUT2D eigenvalue weighted by molar-refractivity contribution is 9.10. The summed E-state index contributed by atoms with van der Waals surface area (Å²) in [6.45, 7) is 1.42. The predicted molar refractivity (Wildman–Crippen MR) is 89.8 cm³/mol. The van der Waals surface area contributed by atoms with Crippen molar-refractivity contribution < 1.29 is 24.2 Å². The second-order valence-electron chi connectivity index (χ2n) is 5.06. The van der Waals surface area contributed by atoms with Crippen molar-refractivity contribution in [1.29, 1.82) is 0 Å². The van der Waals surface area contributed by atoms with Crippen LogP contribution in [0.4, 0.5) is 0 Å². The molecule has 24 heavy (non-hydrogen) atoms. The van der Waals surface area contributed by atoms with Gasteiger partial charge in [0.1, 0.15) is 12.4 Å². The van der Waals surface area contributed by atoms with Gasteiger partial charge in [-0.1, -0.05) is 28.1 Å². The lowest BCUT2D eigenvalue weighted by molar-refractivity contribution is -0.143. The number of halogens is 1. The number of aliphatic hydroxyl groups is 1. The number of carbonyl (C=O) groups is 1. The van der Waals surface area contributed by atoms with Gasteiger partial charge >= 0.3 is 5.97 Å². The molecular weight excluding hydrogens is 380 g/mol. The first-order valence-corrected chi connectivity index (χ1v) is 8.13. The summed E-state index contributed by atoms with van der Waals surface area (Å²) in [7, 11) is 0. The van der Waals surface area contributed by atoms with Crippen molar-refractivity contribution in [2.24, 2.45) is 0 Å². The molecule has 0 aliphatic carbocycles. The maximum Gasteiger partial charge on any atom is 0.306 e. The van der Waals surface area contributed by atoms with Gasteiger partial charge in [0.05, 0.1) is 18.9 Å². The molecule has 2 N–H and O–H groups in total. The van der Waals surface area contributed by atoms with E-state index in [2.05, 4.69) is 15.9 Å². The summed E-state index contributed by atoms with van der Waals surface area (Å²) < 4.78 is 11.3. The maximum atomic E-state index is 11.9. The quantitative estimate of drug-likeness (QED) is 0.728. The molecule has 0 aliphatic rings. The molecule has 1 aromatic heterocycles. The third-order valence-corrected chi connectivity index (χ3v) is 3.95. The van der Waals surface area contributed by atoms with Crippen molar-refractivity contribution in [3.63, 3.8) is 0 Å². The number of ether oxygens (including phenoxy) is 1. The summed E-state index contributed by atoms with van der Waals surface area (Å²) in [5.74, 6) is -1.83. The SMILES string of the molecule is CCOC(=O)C[C@H](c1ccc(Br)cc1)c1oc(CO)cc(=O)c1O. The number of aromatic hydroxyl groups is 1. The molecular formula is C17H17BrO6. The molecule has 0 saturated carbocycles. The van der Waals surface area contributed by atoms with Crippen molar-refractivity contribution in [2.45, 2.75) is 25.9 Å². The number of rotatable bonds is 6. The van der Waals surface area contributed by atoms with E-state index >= 15 is 0 Å². The van der Waals surface area contributed by atoms with Crippen LogP contribution in [-0.4, -0.2) is 22.8 Å². The van der Waals surface area contributed by atoms with Crippen LogP contribution in [0.15, 0.2) is 44.0 Å². The molecule has 1 heterocycles. The van der Waals surface area contributed by atoms with E-state index in [9.17, 15) is 19.8 Å². The molecule has 0 aliphatic heterocycles. The second-order valence-corrected chi connectivity index (χ2v) is 5.98. The van der Waals surface area contributed by atoms with Gasteiger partial charge in [0.2, 0.25) is 11.2 Å². The van der Waals surface area contributed by atoms with Crippen molar-refractivity contribution in [1.82, 2.24) is 0 Å². The van der Waals surface area contributed by atoms with Crippen LogP contribution in [0.5, 0.6) is 5.75 Å². The Hall–Kier alpha value is -2.12. The van der Waals surface area contributed by atoms with E-state index < -0.39 is 29.7 Å². The van der Waals surface area contributed by atoms with Crippen LogP contribution in [0.3, 0.4) is 0 Å². The van der Waals surface area contributed by atoms with Gasteiger partial charge < -0.3 is 19.4 Å². The minimum absolute atomic E-state index is 0.0128. The van der Waals surface area contributed by atoms with Crippen LogP contribution in [-0.2, 0) is 16.1 Å². The van der Waals surface area contributed by atoms with Crippen LogP contribution in [0, 0.1) is 0 Å². The van der Waals surface area contributed by atoms with Gasteiger partial charge in [0, 0.05) is 10.5 Å². The molecule has 0 saturated heterocycles. The van der Waals surface area contributed by atoms with Crippen LogP contribution in [0.2, 0.25) is 0 Å². The lowest BCUT2D eigenvalue weighted by atomic mass is 9.92. The Labute approximate surface area is 146 Å². The molecule has 1 atom stereocenters. The minimum atomic E-state index is -0.712. The van der Waals surface area contributed by atoms with Gasteiger partial charge in [-0.25, -0.2) is 0 Å². The van der Waals surface area contributed by atoms with Crippen molar-refractivity contribution in [2.75, 3.05) is 6.61 Å². The van der Waals surface area contributed by atoms with Gasteiger partial charge in [0.25, 0.3) is 0 Å². The van der Waals surface area contributed by atoms with Gasteiger partial charge in [-0.2, -0.15) is 0 Å². The molecule has 0 amide bonds. The number of hydrogen-bond acceptors (Lipinski definition) is 6. The number of carbonyl (C=O) groups excluding carboxylic acids is 1. The van der Waals surface area contributed by atoms with E-state index in [1.165, 1.54) is 0 Å². The van der Waals surface area contributed by atoms with Gasteiger partial charge in [0.15, 0.2) is 5.76 Å². The summed E-state index contributed by atoms with van der Waals surface area (Å²) in [5.41, 5.74) is -0.00827. The summed E-state index contributed by atoms with van der Waals surface area (Å²) in [4.78, 5) is 23.8. The molecule has 1 aromatic carbocycles. The predicted octanol–water partition coefficient (Wildman–Crippen LogP) is 2.69. The lowest BCUT2D eigenvalue weighted by Gasteiger charge is -2.17. The van der Waals surface area contributed by atoms with E-state index in [1.54, 1.807) is 31.2 Å². The molecule has 7 heteroatoms. The Kier molecular flexibility index (Phi) is 6.16. The molecule has 0 bridgehead atoms.